The van der Waals surface area contributed by atoms with Crippen LogP contribution >= 0.6 is 0 Å². The quantitative estimate of drug-likeness (QED) is 0.846. The van der Waals surface area contributed by atoms with Gasteiger partial charge in [0.05, 0.1) is 12.6 Å². The second-order valence-electron chi connectivity index (χ2n) is 6.59. The Kier molecular flexibility index (Phi) is 4.46. The van der Waals surface area contributed by atoms with Crippen LogP contribution in [0, 0.1) is 23.2 Å². The molecule has 2 aliphatic rings. The van der Waals surface area contributed by atoms with E-state index in [0.29, 0.717) is 18.4 Å². The number of amides is 1. The first kappa shape index (κ1) is 14.3. The fourth-order valence-electron chi connectivity index (χ4n) is 3.67. The fraction of sp³-hybridized carbons (Fsp3) is 0.867. The lowest BCUT2D eigenvalue weighted by Gasteiger charge is -2.35. The van der Waals surface area contributed by atoms with Crippen molar-refractivity contribution in [3.8, 4) is 6.07 Å². The average Bonchev–Trinajstić information content (AvgIpc) is 2.76. The van der Waals surface area contributed by atoms with Crippen molar-refractivity contribution in [2.45, 2.75) is 51.5 Å². The number of likely N-dealkylation sites (tertiary alicyclic amines) is 1. The maximum Gasteiger partial charge on any atom is 0.235 e. The van der Waals surface area contributed by atoms with Crippen molar-refractivity contribution in [3.63, 3.8) is 0 Å². The predicted octanol–water partition coefficient (Wildman–Crippen LogP) is 1.92. The minimum atomic E-state index is -0.579. The van der Waals surface area contributed by atoms with Gasteiger partial charge >= 0.3 is 0 Å². The van der Waals surface area contributed by atoms with Gasteiger partial charge in [-0.3, -0.25) is 9.69 Å². The second-order valence-corrected chi connectivity index (χ2v) is 6.59. The molecule has 2 rings (SSSR count). The third-order valence-electron chi connectivity index (χ3n) is 4.36. The Bertz CT molecular complexity index is 358. The fourth-order valence-corrected chi connectivity index (χ4v) is 3.67. The highest BCUT2D eigenvalue weighted by Gasteiger charge is 2.35. The zero-order valence-electron chi connectivity index (χ0n) is 12.1. The van der Waals surface area contributed by atoms with Gasteiger partial charge in [-0.2, -0.15) is 5.26 Å². The van der Waals surface area contributed by atoms with E-state index in [4.69, 9.17) is 0 Å². The molecule has 0 unspecified atom stereocenters. The molecule has 2 atom stereocenters. The summed E-state index contributed by atoms with van der Waals surface area (Å²) in [7, 11) is 0. The Hall–Kier alpha value is -1.08. The van der Waals surface area contributed by atoms with Gasteiger partial charge in [0.2, 0.25) is 5.91 Å². The standard InChI is InChI=1S/C15H25N3O/c1-12-7-13(2)9-18(8-12)10-14(19)17-15(11-16)5-3-4-6-15/h12-13H,3-10H2,1-2H3,(H,17,19)/t12-,13-/m1/s1. The minimum Gasteiger partial charge on any atom is -0.337 e. The summed E-state index contributed by atoms with van der Waals surface area (Å²) in [6.45, 7) is 6.93. The molecule has 0 aromatic rings. The summed E-state index contributed by atoms with van der Waals surface area (Å²) < 4.78 is 0. The molecule has 0 spiro atoms. The first-order valence-corrected chi connectivity index (χ1v) is 7.47. The van der Waals surface area contributed by atoms with Gasteiger partial charge in [-0.05, 0) is 43.9 Å². The largest absolute Gasteiger partial charge is 0.337 e. The van der Waals surface area contributed by atoms with Crippen molar-refractivity contribution in [2.24, 2.45) is 11.8 Å². The normalized spacial score (nSPS) is 30.8. The van der Waals surface area contributed by atoms with E-state index in [1.165, 1.54) is 6.42 Å². The van der Waals surface area contributed by atoms with Crippen LogP contribution in [0.1, 0.15) is 46.0 Å². The van der Waals surface area contributed by atoms with Crippen molar-refractivity contribution >= 4 is 5.91 Å². The smallest absolute Gasteiger partial charge is 0.235 e. The van der Waals surface area contributed by atoms with Crippen LogP contribution in [-0.4, -0.2) is 36.0 Å². The highest BCUT2D eigenvalue weighted by Crippen LogP contribution is 2.29. The Morgan fingerprint density at radius 2 is 1.89 bits per heavy atom. The summed E-state index contributed by atoms with van der Waals surface area (Å²) in [6, 6.07) is 2.31. The van der Waals surface area contributed by atoms with Crippen molar-refractivity contribution in [3.05, 3.63) is 0 Å². The molecule has 0 aromatic heterocycles. The lowest BCUT2D eigenvalue weighted by Crippen LogP contribution is -2.51. The molecule has 2 fully saturated rings. The van der Waals surface area contributed by atoms with E-state index in [1.807, 2.05) is 0 Å². The summed E-state index contributed by atoms with van der Waals surface area (Å²) in [5.41, 5.74) is -0.579. The van der Waals surface area contributed by atoms with Crippen molar-refractivity contribution in [2.75, 3.05) is 19.6 Å². The molecule has 4 heteroatoms. The van der Waals surface area contributed by atoms with Gasteiger partial charge in [-0.25, -0.2) is 0 Å². The van der Waals surface area contributed by atoms with Crippen LogP contribution in [0.3, 0.4) is 0 Å². The molecule has 1 aliphatic carbocycles. The van der Waals surface area contributed by atoms with Crippen molar-refractivity contribution < 1.29 is 4.79 Å². The number of carbonyl (C=O) groups excluding carboxylic acids is 1. The molecule has 106 valence electrons. The third-order valence-corrected chi connectivity index (χ3v) is 4.36. The van der Waals surface area contributed by atoms with Crippen LogP contribution < -0.4 is 5.32 Å². The van der Waals surface area contributed by atoms with Gasteiger partial charge in [0, 0.05) is 13.1 Å². The highest BCUT2D eigenvalue weighted by molar-refractivity contribution is 5.79. The Morgan fingerprint density at radius 3 is 2.42 bits per heavy atom. The van der Waals surface area contributed by atoms with Crippen molar-refractivity contribution in [1.29, 1.82) is 5.26 Å². The lowest BCUT2D eigenvalue weighted by molar-refractivity contribution is -0.124. The first-order chi connectivity index (χ1) is 9.03. The van der Waals surface area contributed by atoms with E-state index in [-0.39, 0.29) is 5.91 Å². The van der Waals surface area contributed by atoms with Gasteiger partial charge in [0.15, 0.2) is 0 Å². The van der Waals surface area contributed by atoms with E-state index < -0.39 is 5.54 Å². The van der Waals surface area contributed by atoms with Crippen LogP contribution in [0.4, 0.5) is 0 Å². The third kappa shape index (κ3) is 3.70. The molecule has 1 amide bonds. The molecule has 4 nitrogen and oxygen atoms in total. The number of hydrogen-bond acceptors (Lipinski definition) is 3. The molecule has 1 heterocycles. The molecular formula is C15H25N3O. The van der Waals surface area contributed by atoms with Crippen molar-refractivity contribution in [1.82, 2.24) is 10.2 Å². The van der Waals surface area contributed by atoms with Gasteiger partial charge in [-0.1, -0.05) is 13.8 Å². The summed E-state index contributed by atoms with van der Waals surface area (Å²) in [5.74, 6) is 1.34. The average molecular weight is 263 g/mol. The lowest BCUT2D eigenvalue weighted by atomic mass is 9.92. The van der Waals surface area contributed by atoms with Crippen LogP contribution in [0.25, 0.3) is 0 Å². The molecule has 19 heavy (non-hydrogen) atoms. The summed E-state index contributed by atoms with van der Waals surface area (Å²) in [5, 5.41) is 12.3. The maximum atomic E-state index is 12.1. The molecule has 1 aliphatic heterocycles. The second kappa shape index (κ2) is 5.92. The Morgan fingerprint density at radius 1 is 1.32 bits per heavy atom. The number of nitriles is 1. The number of rotatable bonds is 3. The highest BCUT2D eigenvalue weighted by atomic mass is 16.2. The Balaban J connectivity index is 1.85. The molecule has 1 saturated heterocycles. The molecule has 0 radical (unpaired) electrons. The van der Waals surface area contributed by atoms with E-state index in [2.05, 4.69) is 30.1 Å². The first-order valence-electron chi connectivity index (χ1n) is 7.47. The van der Waals surface area contributed by atoms with Crippen LogP contribution in [0.5, 0.6) is 0 Å². The van der Waals surface area contributed by atoms with Crippen LogP contribution in [0.2, 0.25) is 0 Å². The van der Waals surface area contributed by atoms with Gasteiger partial charge in [0.25, 0.3) is 0 Å². The molecule has 0 bridgehead atoms. The number of nitrogens with zero attached hydrogens (tertiary/aromatic N) is 2. The topological polar surface area (TPSA) is 56.1 Å². The molecule has 1 saturated carbocycles. The summed E-state index contributed by atoms with van der Waals surface area (Å²) in [6.07, 6.45) is 4.96. The maximum absolute atomic E-state index is 12.1. The van der Waals surface area contributed by atoms with Gasteiger partial charge in [-0.15, -0.1) is 0 Å². The monoisotopic (exact) mass is 263 g/mol. The molecule has 1 N–H and O–H groups in total. The van der Waals surface area contributed by atoms with Crippen LogP contribution in [0.15, 0.2) is 0 Å². The zero-order valence-corrected chi connectivity index (χ0v) is 12.1. The number of carbonyl (C=O) groups is 1. The van der Waals surface area contributed by atoms with E-state index >= 15 is 0 Å². The predicted molar refractivity (Wildman–Crippen MR) is 74.3 cm³/mol. The summed E-state index contributed by atoms with van der Waals surface area (Å²) >= 11 is 0. The zero-order chi connectivity index (χ0) is 13.9. The van der Waals surface area contributed by atoms with Gasteiger partial charge < -0.3 is 5.32 Å². The van der Waals surface area contributed by atoms with Crippen LogP contribution in [-0.2, 0) is 4.79 Å². The minimum absolute atomic E-state index is 0.0183. The number of nitrogens with one attached hydrogen (secondary N) is 1. The number of hydrogen-bond donors (Lipinski definition) is 1. The van der Waals surface area contributed by atoms with E-state index in [9.17, 15) is 10.1 Å². The summed E-state index contributed by atoms with van der Waals surface area (Å²) in [4.78, 5) is 14.4. The van der Waals surface area contributed by atoms with E-state index in [1.54, 1.807) is 0 Å². The Labute approximate surface area is 116 Å². The number of piperidine rings is 1. The molecule has 0 aromatic carbocycles. The SMILES string of the molecule is C[C@@H]1C[C@@H](C)CN(CC(=O)NC2(C#N)CCCC2)C1. The van der Waals surface area contributed by atoms with Gasteiger partial charge in [0.1, 0.15) is 5.54 Å². The molecular weight excluding hydrogens is 238 g/mol. The van der Waals surface area contributed by atoms with E-state index in [0.717, 1.165) is 38.8 Å².